The molecule has 0 bridgehead atoms. The monoisotopic (exact) mass is 255 g/mol. The van der Waals surface area contributed by atoms with Gasteiger partial charge >= 0.3 is 5.97 Å². The molecule has 0 aromatic rings. The molecule has 0 spiro atoms. The Hall–Kier alpha value is -0.700. The van der Waals surface area contributed by atoms with Crippen molar-refractivity contribution in [1.82, 2.24) is 4.31 Å². The minimum Gasteiger partial charge on any atom is -0.469 e. The molecule has 0 aliphatic heterocycles. The Bertz CT molecular complexity index is 296. The minimum absolute atomic E-state index is 0.0932. The van der Waals surface area contributed by atoms with Gasteiger partial charge in [0.2, 0.25) is 10.0 Å². The Morgan fingerprint density at radius 2 is 1.75 bits per heavy atom. The highest BCUT2D eigenvalue weighted by atomic mass is 32.2. The lowest BCUT2D eigenvalue weighted by Gasteiger charge is -2.19. The smallest absolute Gasteiger partial charge is 0.306 e. The Morgan fingerprint density at radius 1 is 1.25 bits per heavy atom. The molecule has 0 radical (unpaired) electrons. The summed E-state index contributed by atoms with van der Waals surface area (Å²) in [6.07, 6.45) is -0.244. The molecule has 0 heterocycles. The number of carbonyl (C=O) groups excluding carboxylic acids is 1. The van der Waals surface area contributed by atoms with Gasteiger partial charge in [-0.1, -0.05) is 0 Å². The molecule has 0 unspecified atom stereocenters. The van der Waals surface area contributed by atoms with E-state index in [0.717, 1.165) is 4.31 Å². The van der Waals surface area contributed by atoms with Crippen LogP contribution in [0.25, 0.3) is 0 Å². The third-order valence-corrected chi connectivity index (χ3v) is 3.76. The Kier molecular flexibility index (Phi) is 7.22. The molecule has 0 rings (SSSR count). The van der Waals surface area contributed by atoms with Crippen LogP contribution in [-0.4, -0.2) is 68.1 Å². The number of hydrogen-bond acceptors (Lipinski definition) is 6. The van der Waals surface area contributed by atoms with Gasteiger partial charge in [0.1, 0.15) is 0 Å². The summed E-state index contributed by atoms with van der Waals surface area (Å²) in [5.74, 6) is -1.00. The summed E-state index contributed by atoms with van der Waals surface area (Å²) in [5, 5.41) is 17.3. The Labute approximate surface area is 94.7 Å². The first-order valence-electron chi connectivity index (χ1n) is 4.74. The summed E-state index contributed by atoms with van der Waals surface area (Å²) in [6.45, 7) is -0.858. The van der Waals surface area contributed by atoms with E-state index in [1.807, 2.05) is 0 Å². The van der Waals surface area contributed by atoms with Gasteiger partial charge in [0.15, 0.2) is 0 Å². The van der Waals surface area contributed by atoms with Crippen LogP contribution in [-0.2, 0) is 19.6 Å². The molecular weight excluding hydrogens is 238 g/mol. The van der Waals surface area contributed by atoms with Crippen LogP contribution in [0.2, 0.25) is 0 Å². The van der Waals surface area contributed by atoms with Crippen molar-refractivity contribution in [1.29, 1.82) is 0 Å². The van der Waals surface area contributed by atoms with Gasteiger partial charge < -0.3 is 14.9 Å². The van der Waals surface area contributed by atoms with Crippen LogP contribution < -0.4 is 0 Å². The maximum absolute atomic E-state index is 11.6. The van der Waals surface area contributed by atoms with Crippen LogP contribution in [0, 0.1) is 0 Å². The molecule has 96 valence electrons. The number of rotatable bonds is 8. The maximum Gasteiger partial charge on any atom is 0.306 e. The number of sulfonamides is 1. The van der Waals surface area contributed by atoms with Crippen molar-refractivity contribution in [3.05, 3.63) is 0 Å². The van der Waals surface area contributed by atoms with Gasteiger partial charge in [-0.05, 0) is 0 Å². The number of carbonyl (C=O) groups is 1. The SMILES string of the molecule is COC(=O)CCS(=O)(=O)N(CCO)CCO. The molecule has 0 aromatic carbocycles. The summed E-state index contributed by atoms with van der Waals surface area (Å²) in [5.41, 5.74) is 0. The van der Waals surface area contributed by atoms with E-state index in [1.165, 1.54) is 7.11 Å². The molecule has 7 nitrogen and oxygen atoms in total. The molecular formula is C8H17NO6S. The maximum atomic E-state index is 11.6. The zero-order chi connectivity index (χ0) is 12.6. The topological polar surface area (TPSA) is 104 Å². The molecule has 0 atom stereocenters. The van der Waals surface area contributed by atoms with E-state index in [-0.39, 0.29) is 38.5 Å². The third kappa shape index (κ3) is 5.40. The quantitative estimate of drug-likeness (QED) is 0.494. The Balaban J connectivity index is 4.41. The minimum atomic E-state index is -3.64. The van der Waals surface area contributed by atoms with Crippen LogP contribution >= 0.6 is 0 Å². The van der Waals surface area contributed by atoms with Gasteiger partial charge in [-0.15, -0.1) is 0 Å². The summed E-state index contributed by atoms with van der Waals surface area (Å²) in [4.78, 5) is 10.8. The van der Waals surface area contributed by atoms with Crippen molar-refractivity contribution in [2.45, 2.75) is 6.42 Å². The second-order valence-corrected chi connectivity index (χ2v) is 5.08. The van der Waals surface area contributed by atoms with Crippen molar-refractivity contribution in [3.63, 3.8) is 0 Å². The van der Waals surface area contributed by atoms with E-state index >= 15 is 0 Å². The number of nitrogens with zero attached hydrogens (tertiary/aromatic N) is 1. The average Bonchev–Trinajstić information content (AvgIpc) is 2.25. The number of hydrogen-bond donors (Lipinski definition) is 2. The zero-order valence-corrected chi connectivity index (χ0v) is 9.94. The molecule has 0 aromatic heterocycles. The average molecular weight is 255 g/mol. The van der Waals surface area contributed by atoms with Crippen molar-refractivity contribution >= 4 is 16.0 Å². The second kappa shape index (κ2) is 7.55. The molecule has 8 heteroatoms. The summed E-state index contributed by atoms with van der Waals surface area (Å²) < 4.78 is 28.5. The molecule has 0 amide bonds. The summed E-state index contributed by atoms with van der Waals surface area (Å²) >= 11 is 0. The molecule has 0 aliphatic carbocycles. The number of methoxy groups -OCH3 is 1. The molecule has 0 aliphatic rings. The molecule has 0 saturated carbocycles. The lowest BCUT2D eigenvalue weighted by Crippen LogP contribution is -2.37. The van der Waals surface area contributed by atoms with E-state index in [4.69, 9.17) is 10.2 Å². The van der Waals surface area contributed by atoms with E-state index < -0.39 is 16.0 Å². The lowest BCUT2D eigenvalue weighted by molar-refractivity contribution is -0.140. The first-order valence-corrected chi connectivity index (χ1v) is 6.35. The van der Waals surface area contributed by atoms with Crippen molar-refractivity contribution in [2.24, 2.45) is 0 Å². The molecule has 16 heavy (non-hydrogen) atoms. The second-order valence-electron chi connectivity index (χ2n) is 2.99. The molecule has 0 saturated heterocycles. The number of aliphatic hydroxyl groups excluding tert-OH is 2. The molecule has 0 fully saturated rings. The van der Waals surface area contributed by atoms with Crippen molar-refractivity contribution < 1.29 is 28.2 Å². The first-order chi connectivity index (χ1) is 7.47. The summed E-state index contributed by atoms with van der Waals surface area (Å²) in [6, 6.07) is 0. The predicted octanol–water partition coefficient (Wildman–Crippen LogP) is -1.83. The van der Waals surface area contributed by atoms with Crippen molar-refractivity contribution in [3.8, 4) is 0 Å². The fourth-order valence-electron chi connectivity index (χ4n) is 1.06. The highest BCUT2D eigenvalue weighted by molar-refractivity contribution is 7.89. The van der Waals surface area contributed by atoms with Gasteiger partial charge in [0, 0.05) is 13.1 Å². The highest BCUT2D eigenvalue weighted by Gasteiger charge is 2.22. The van der Waals surface area contributed by atoms with Gasteiger partial charge in [-0.3, -0.25) is 4.79 Å². The largest absolute Gasteiger partial charge is 0.469 e. The van der Waals surface area contributed by atoms with Crippen molar-refractivity contribution in [2.75, 3.05) is 39.2 Å². The lowest BCUT2D eigenvalue weighted by atomic mass is 10.5. The first kappa shape index (κ1) is 15.3. The summed E-state index contributed by atoms with van der Waals surface area (Å²) in [7, 11) is -2.46. The predicted molar refractivity (Wildman–Crippen MR) is 56.2 cm³/mol. The van der Waals surface area contributed by atoms with Crippen LogP contribution in [0.5, 0.6) is 0 Å². The van der Waals surface area contributed by atoms with E-state index in [9.17, 15) is 13.2 Å². The Morgan fingerprint density at radius 3 is 2.12 bits per heavy atom. The third-order valence-electron chi connectivity index (χ3n) is 1.88. The van der Waals surface area contributed by atoms with Crippen LogP contribution in [0.4, 0.5) is 0 Å². The number of ether oxygens (including phenoxy) is 1. The van der Waals surface area contributed by atoms with E-state index in [0.29, 0.717) is 0 Å². The number of esters is 1. The van der Waals surface area contributed by atoms with Crippen LogP contribution in [0.15, 0.2) is 0 Å². The fraction of sp³-hybridized carbons (Fsp3) is 0.875. The molecule has 2 N–H and O–H groups in total. The standard InChI is InChI=1S/C8H17NO6S/c1-15-8(12)2-7-16(13,14)9(3-5-10)4-6-11/h10-11H,2-7H2,1H3. The van der Waals surface area contributed by atoms with E-state index in [2.05, 4.69) is 4.74 Å². The van der Waals surface area contributed by atoms with Gasteiger partial charge in [-0.25, -0.2) is 8.42 Å². The normalized spacial score (nSPS) is 11.8. The highest BCUT2D eigenvalue weighted by Crippen LogP contribution is 2.03. The van der Waals surface area contributed by atoms with Gasteiger partial charge in [-0.2, -0.15) is 4.31 Å². The van der Waals surface area contributed by atoms with Crippen LogP contribution in [0.3, 0.4) is 0 Å². The van der Waals surface area contributed by atoms with Crippen LogP contribution in [0.1, 0.15) is 6.42 Å². The number of aliphatic hydroxyl groups is 2. The fourth-order valence-corrected chi connectivity index (χ4v) is 2.46. The van der Waals surface area contributed by atoms with E-state index in [1.54, 1.807) is 0 Å². The van der Waals surface area contributed by atoms with Gasteiger partial charge in [0.25, 0.3) is 0 Å². The zero-order valence-electron chi connectivity index (χ0n) is 9.13. The van der Waals surface area contributed by atoms with Gasteiger partial charge in [0.05, 0.1) is 32.5 Å².